The Bertz CT molecular complexity index is 802. The second kappa shape index (κ2) is 5.84. The van der Waals surface area contributed by atoms with Crippen LogP contribution < -0.4 is 5.32 Å². The van der Waals surface area contributed by atoms with Gasteiger partial charge in [-0.05, 0) is 29.0 Å². The maximum absolute atomic E-state index is 10.1. The largest absolute Gasteiger partial charge is 0.508 e. The van der Waals surface area contributed by atoms with Crippen molar-refractivity contribution in [2.24, 2.45) is 0 Å². The lowest BCUT2D eigenvalue weighted by atomic mass is 10.0. The van der Waals surface area contributed by atoms with E-state index in [0.717, 1.165) is 22.0 Å². The Hall–Kier alpha value is -1.90. The summed E-state index contributed by atoms with van der Waals surface area (Å²) in [7, 11) is 0. The summed E-state index contributed by atoms with van der Waals surface area (Å²) in [5, 5.41) is 16.4. The third kappa shape index (κ3) is 2.78. The molecule has 0 saturated heterocycles. The number of hydrogen-bond donors (Lipinski definition) is 2. The molecule has 0 atom stereocenters. The Balaban J connectivity index is 1.95. The maximum Gasteiger partial charge on any atom is 0.121 e. The van der Waals surface area contributed by atoms with Crippen molar-refractivity contribution in [1.29, 1.82) is 0 Å². The van der Waals surface area contributed by atoms with Gasteiger partial charge in [-0.15, -0.1) is 0 Å². The minimum atomic E-state index is 0.263. The van der Waals surface area contributed by atoms with Crippen LogP contribution in [0, 0.1) is 0 Å². The van der Waals surface area contributed by atoms with Crippen molar-refractivity contribution in [2.45, 2.75) is 6.54 Å². The van der Waals surface area contributed by atoms with Crippen molar-refractivity contribution in [1.82, 2.24) is 0 Å². The topological polar surface area (TPSA) is 32.3 Å². The van der Waals surface area contributed by atoms with Gasteiger partial charge >= 0.3 is 0 Å². The number of benzene rings is 3. The fourth-order valence-electron chi connectivity index (χ4n) is 2.33. The molecule has 2 N–H and O–H groups in total. The van der Waals surface area contributed by atoms with Crippen LogP contribution >= 0.6 is 23.2 Å². The third-order valence-electron chi connectivity index (χ3n) is 3.42. The molecule has 0 aromatic heterocycles. The molecule has 0 aliphatic carbocycles. The van der Waals surface area contributed by atoms with Gasteiger partial charge in [0.05, 0.1) is 15.7 Å². The Kier molecular flexibility index (Phi) is 3.91. The third-order valence-corrected chi connectivity index (χ3v) is 4.24. The van der Waals surface area contributed by atoms with Crippen LogP contribution in [0.1, 0.15) is 5.56 Å². The molecule has 0 saturated carbocycles. The van der Waals surface area contributed by atoms with Crippen LogP contribution in [-0.2, 0) is 6.54 Å². The van der Waals surface area contributed by atoms with Crippen molar-refractivity contribution < 1.29 is 5.11 Å². The highest BCUT2D eigenvalue weighted by Gasteiger charge is 2.08. The van der Waals surface area contributed by atoms with E-state index in [-0.39, 0.29) is 5.75 Å². The Morgan fingerprint density at radius 2 is 1.71 bits per heavy atom. The first-order chi connectivity index (χ1) is 10.2. The van der Waals surface area contributed by atoms with E-state index in [1.54, 1.807) is 12.1 Å². The van der Waals surface area contributed by atoms with Gasteiger partial charge in [-0.1, -0.05) is 59.6 Å². The van der Waals surface area contributed by atoms with Gasteiger partial charge in [-0.3, -0.25) is 0 Å². The summed E-state index contributed by atoms with van der Waals surface area (Å²) in [6.45, 7) is 0.466. The summed E-state index contributed by atoms with van der Waals surface area (Å²) in [6.07, 6.45) is 0. The van der Waals surface area contributed by atoms with Gasteiger partial charge in [-0.25, -0.2) is 0 Å². The molecule has 0 radical (unpaired) electrons. The predicted molar refractivity (Wildman–Crippen MR) is 89.4 cm³/mol. The number of fused-ring (bicyclic) bond motifs is 1. The molecule has 3 aromatic carbocycles. The fraction of sp³-hybridized carbons (Fsp3) is 0.0588. The van der Waals surface area contributed by atoms with Gasteiger partial charge in [-0.2, -0.15) is 0 Å². The molecule has 0 fully saturated rings. The normalized spacial score (nSPS) is 10.8. The first kappa shape index (κ1) is 14.1. The van der Waals surface area contributed by atoms with E-state index in [4.69, 9.17) is 23.2 Å². The molecule has 0 aliphatic heterocycles. The minimum Gasteiger partial charge on any atom is -0.508 e. The minimum absolute atomic E-state index is 0.263. The van der Waals surface area contributed by atoms with Gasteiger partial charge in [0.15, 0.2) is 0 Å². The summed E-state index contributed by atoms with van der Waals surface area (Å²) in [5.41, 5.74) is 1.58. The maximum atomic E-state index is 10.1. The highest BCUT2D eigenvalue weighted by atomic mass is 35.5. The number of phenolic OH excluding ortho intramolecular Hbond substituents is 1. The van der Waals surface area contributed by atoms with Crippen LogP contribution in [0.4, 0.5) is 5.69 Å². The lowest BCUT2D eigenvalue weighted by Gasteiger charge is -2.13. The fourth-order valence-corrected chi connectivity index (χ4v) is 2.70. The molecule has 0 bridgehead atoms. The highest BCUT2D eigenvalue weighted by Crippen LogP contribution is 2.32. The highest BCUT2D eigenvalue weighted by molar-refractivity contribution is 6.43. The number of anilines is 1. The summed E-state index contributed by atoms with van der Waals surface area (Å²) >= 11 is 12.2. The molecule has 0 heterocycles. The first-order valence-electron chi connectivity index (χ1n) is 6.54. The summed E-state index contributed by atoms with van der Waals surface area (Å²) < 4.78 is 0. The van der Waals surface area contributed by atoms with Crippen molar-refractivity contribution in [3.63, 3.8) is 0 Å². The monoisotopic (exact) mass is 317 g/mol. The van der Waals surface area contributed by atoms with Crippen molar-refractivity contribution >= 4 is 39.7 Å². The molecule has 0 aliphatic rings. The average Bonchev–Trinajstić information content (AvgIpc) is 2.50. The smallest absolute Gasteiger partial charge is 0.121 e. The molecule has 3 aromatic rings. The molecule has 0 amide bonds. The van der Waals surface area contributed by atoms with Crippen LogP contribution in [-0.4, -0.2) is 5.11 Å². The van der Waals surface area contributed by atoms with E-state index in [1.807, 2.05) is 42.5 Å². The SMILES string of the molecule is Oc1ccc2ccccc2c1CNc1cccc(Cl)c1Cl. The van der Waals surface area contributed by atoms with Crippen molar-refractivity contribution in [2.75, 3.05) is 5.32 Å². The van der Waals surface area contributed by atoms with Gasteiger partial charge in [0.25, 0.3) is 0 Å². The van der Waals surface area contributed by atoms with Crippen molar-refractivity contribution in [3.8, 4) is 5.75 Å². The zero-order valence-corrected chi connectivity index (χ0v) is 12.6. The van der Waals surface area contributed by atoms with Crippen LogP contribution in [0.15, 0.2) is 54.6 Å². The second-order valence-corrected chi connectivity index (χ2v) is 5.52. The number of nitrogens with one attached hydrogen (secondary N) is 1. The van der Waals surface area contributed by atoms with Gasteiger partial charge in [0, 0.05) is 12.1 Å². The summed E-state index contributed by atoms with van der Waals surface area (Å²) in [6, 6.07) is 17.0. The zero-order valence-electron chi connectivity index (χ0n) is 11.1. The summed E-state index contributed by atoms with van der Waals surface area (Å²) in [4.78, 5) is 0. The van der Waals surface area contributed by atoms with Crippen LogP contribution in [0.2, 0.25) is 10.0 Å². The molecule has 106 valence electrons. The molecule has 0 spiro atoms. The lowest BCUT2D eigenvalue weighted by Crippen LogP contribution is -2.01. The van der Waals surface area contributed by atoms with Gasteiger partial charge in [0.1, 0.15) is 5.75 Å². The Morgan fingerprint density at radius 3 is 2.57 bits per heavy atom. The van der Waals surface area contributed by atoms with Crippen LogP contribution in [0.25, 0.3) is 10.8 Å². The van der Waals surface area contributed by atoms with E-state index in [2.05, 4.69) is 5.32 Å². The van der Waals surface area contributed by atoms with E-state index >= 15 is 0 Å². The number of hydrogen-bond acceptors (Lipinski definition) is 2. The van der Waals surface area contributed by atoms with E-state index < -0.39 is 0 Å². The van der Waals surface area contributed by atoms with E-state index in [9.17, 15) is 5.11 Å². The quantitative estimate of drug-likeness (QED) is 0.671. The Morgan fingerprint density at radius 1 is 0.905 bits per heavy atom. The number of rotatable bonds is 3. The second-order valence-electron chi connectivity index (χ2n) is 4.74. The van der Waals surface area contributed by atoms with Crippen LogP contribution in [0.5, 0.6) is 5.75 Å². The van der Waals surface area contributed by atoms with Gasteiger partial charge in [0.2, 0.25) is 0 Å². The molecule has 4 heteroatoms. The number of halogens is 2. The van der Waals surface area contributed by atoms with Crippen molar-refractivity contribution in [3.05, 3.63) is 70.2 Å². The molecule has 0 unspecified atom stereocenters. The van der Waals surface area contributed by atoms with E-state index in [0.29, 0.717) is 16.6 Å². The summed E-state index contributed by atoms with van der Waals surface area (Å²) in [5.74, 6) is 0.263. The van der Waals surface area contributed by atoms with Crippen LogP contribution in [0.3, 0.4) is 0 Å². The van der Waals surface area contributed by atoms with E-state index in [1.165, 1.54) is 0 Å². The van der Waals surface area contributed by atoms with Gasteiger partial charge < -0.3 is 10.4 Å². The number of phenols is 1. The molecular formula is C17H13Cl2NO. The standard InChI is InChI=1S/C17H13Cl2NO/c18-14-6-3-7-15(17(14)19)20-10-13-12-5-2-1-4-11(12)8-9-16(13)21/h1-9,20-21H,10H2. The zero-order chi connectivity index (χ0) is 14.8. The lowest BCUT2D eigenvalue weighted by molar-refractivity contribution is 0.470. The average molecular weight is 318 g/mol. The molecular weight excluding hydrogens is 305 g/mol. The molecule has 3 rings (SSSR count). The Labute approximate surface area is 132 Å². The first-order valence-corrected chi connectivity index (χ1v) is 7.30. The molecule has 21 heavy (non-hydrogen) atoms. The molecule has 2 nitrogen and oxygen atoms in total. The predicted octanol–water partition coefficient (Wildman–Crippen LogP) is 5.46. The number of aromatic hydroxyl groups is 1.